The van der Waals surface area contributed by atoms with Gasteiger partial charge in [0, 0.05) is 5.56 Å². The Hall–Kier alpha value is -2.88. The van der Waals surface area contributed by atoms with E-state index in [-0.39, 0.29) is 5.91 Å². The van der Waals surface area contributed by atoms with E-state index in [1.54, 1.807) is 35.2 Å². The number of hydrogen-bond acceptors (Lipinski definition) is 7. The lowest BCUT2D eigenvalue weighted by atomic mass is 10.2. The third-order valence-electron chi connectivity index (χ3n) is 4.30. The molecule has 2 unspecified atom stereocenters. The summed E-state index contributed by atoms with van der Waals surface area (Å²) in [6, 6.07) is 8.81. The topological polar surface area (TPSA) is 122 Å². The predicted molar refractivity (Wildman–Crippen MR) is 91.1 cm³/mol. The maximum absolute atomic E-state index is 12.4. The minimum Gasteiger partial charge on any atom is -0.366 e. The van der Waals surface area contributed by atoms with Gasteiger partial charge in [-0.3, -0.25) is 9.36 Å². The highest BCUT2D eigenvalue weighted by Gasteiger charge is 2.32. The van der Waals surface area contributed by atoms with Crippen LogP contribution in [-0.4, -0.2) is 48.0 Å². The van der Waals surface area contributed by atoms with Crippen molar-refractivity contribution < 1.29 is 19.7 Å². The van der Waals surface area contributed by atoms with Crippen LogP contribution >= 0.6 is 0 Å². The first-order valence-electron chi connectivity index (χ1n) is 8.19. The van der Waals surface area contributed by atoms with Gasteiger partial charge >= 0.3 is 0 Å². The van der Waals surface area contributed by atoms with Crippen LogP contribution < -0.4 is 5.32 Å². The minimum absolute atomic E-state index is 0.291. The second kappa shape index (κ2) is 6.79. The Labute approximate surface area is 148 Å². The van der Waals surface area contributed by atoms with Crippen molar-refractivity contribution in [2.45, 2.75) is 31.5 Å². The molecule has 26 heavy (non-hydrogen) atoms. The fourth-order valence-corrected chi connectivity index (χ4v) is 2.99. The molecule has 0 saturated carbocycles. The molecule has 1 saturated heterocycles. The minimum atomic E-state index is -1.52. The van der Waals surface area contributed by atoms with Crippen molar-refractivity contribution in [2.75, 3.05) is 5.32 Å². The van der Waals surface area contributed by atoms with Crippen LogP contribution in [0.2, 0.25) is 0 Å². The van der Waals surface area contributed by atoms with Crippen LogP contribution in [0.25, 0.3) is 11.2 Å². The molecule has 0 spiro atoms. The summed E-state index contributed by atoms with van der Waals surface area (Å²) in [6.45, 7) is 0. The summed E-state index contributed by atoms with van der Waals surface area (Å²) in [5.74, 6) is 0.0140. The van der Waals surface area contributed by atoms with Gasteiger partial charge in [0.25, 0.3) is 5.91 Å². The van der Waals surface area contributed by atoms with E-state index < -0.39 is 18.6 Å². The van der Waals surface area contributed by atoms with Crippen LogP contribution in [0, 0.1) is 0 Å². The molecular formula is C17H17N5O4. The van der Waals surface area contributed by atoms with Crippen molar-refractivity contribution >= 4 is 22.9 Å². The molecule has 4 rings (SSSR count). The Balaban J connectivity index is 1.61. The number of imidazole rings is 1. The van der Waals surface area contributed by atoms with E-state index in [0.717, 1.165) is 0 Å². The largest absolute Gasteiger partial charge is 0.366 e. The number of fused-ring (bicyclic) bond motifs is 1. The van der Waals surface area contributed by atoms with E-state index in [1.807, 2.05) is 6.07 Å². The van der Waals surface area contributed by atoms with Gasteiger partial charge in [-0.2, -0.15) is 0 Å². The maximum Gasteiger partial charge on any atom is 0.256 e. The van der Waals surface area contributed by atoms with Crippen LogP contribution in [0.4, 0.5) is 5.82 Å². The lowest BCUT2D eigenvalue weighted by Gasteiger charge is -2.16. The van der Waals surface area contributed by atoms with Crippen molar-refractivity contribution in [2.24, 2.45) is 0 Å². The van der Waals surface area contributed by atoms with Crippen molar-refractivity contribution in [3.8, 4) is 0 Å². The SMILES string of the molecule is O=C(Nc1ncnc2c1ncn2C1CCC(C(O)O)O1)c1ccccc1. The van der Waals surface area contributed by atoms with E-state index in [2.05, 4.69) is 20.3 Å². The first-order chi connectivity index (χ1) is 12.6. The van der Waals surface area contributed by atoms with Crippen LogP contribution in [0.3, 0.4) is 0 Å². The van der Waals surface area contributed by atoms with E-state index in [1.165, 1.54) is 6.33 Å². The molecule has 9 nitrogen and oxygen atoms in total. The second-order valence-electron chi connectivity index (χ2n) is 5.99. The van der Waals surface area contributed by atoms with Gasteiger partial charge in [0.1, 0.15) is 18.7 Å². The van der Waals surface area contributed by atoms with Crippen molar-refractivity contribution in [1.82, 2.24) is 19.5 Å². The molecule has 1 aromatic carbocycles. The molecule has 9 heteroatoms. The Morgan fingerprint density at radius 1 is 1.19 bits per heavy atom. The number of nitrogens with zero attached hydrogens (tertiary/aromatic N) is 4. The number of hydrogen-bond donors (Lipinski definition) is 3. The third-order valence-corrected chi connectivity index (χ3v) is 4.30. The van der Waals surface area contributed by atoms with Crippen molar-refractivity contribution in [1.29, 1.82) is 0 Å². The second-order valence-corrected chi connectivity index (χ2v) is 5.99. The smallest absolute Gasteiger partial charge is 0.256 e. The summed E-state index contributed by atoms with van der Waals surface area (Å²) < 4.78 is 7.35. The highest BCUT2D eigenvalue weighted by molar-refractivity contribution is 6.06. The number of nitrogens with one attached hydrogen (secondary N) is 1. The Morgan fingerprint density at radius 3 is 2.73 bits per heavy atom. The molecule has 1 aliphatic heterocycles. The van der Waals surface area contributed by atoms with Gasteiger partial charge in [-0.05, 0) is 25.0 Å². The normalized spacial score (nSPS) is 20.0. The van der Waals surface area contributed by atoms with Crippen molar-refractivity contribution in [3.63, 3.8) is 0 Å². The highest BCUT2D eigenvalue weighted by atomic mass is 16.6. The summed E-state index contributed by atoms with van der Waals surface area (Å²) in [5, 5.41) is 21.3. The number of benzene rings is 1. The van der Waals surface area contributed by atoms with Gasteiger partial charge in [-0.15, -0.1) is 0 Å². The van der Waals surface area contributed by atoms with Crippen molar-refractivity contribution in [3.05, 3.63) is 48.5 Å². The fourth-order valence-electron chi connectivity index (χ4n) is 2.99. The molecule has 1 aliphatic rings. The zero-order valence-electron chi connectivity index (χ0n) is 13.7. The number of ether oxygens (including phenoxy) is 1. The molecule has 134 valence electrons. The van der Waals surface area contributed by atoms with E-state index >= 15 is 0 Å². The molecule has 0 aliphatic carbocycles. The first kappa shape index (κ1) is 16.6. The van der Waals surface area contributed by atoms with Gasteiger partial charge in [0.2, 0.25) is 0 Å². The number of carbonyl (C=O) groups excluding carboxylic acids is 1. The predicted octanol–water partition coefficient (Wildman–Crippen LogP) is 1.07. The standard InChI is InChI=1S/C17H17N5O4/c23-16(10-4-2-1-3-5-10)21-14-13-15(19-8-18-14)22(9-20-13)12-7-6-11(26-12)17(24)25/h1-5,8-9,11-12,17,24-25H,6-7H2,(H,18,19,21,23). The molecule has 1 amide bonds. The molecular weight excluding hydrogens is 338 g/mol. The summed E-state index contributed by atoms with van der Waals surface area (Å²) >= 11 is 0. The summed E-state index contributed by atoms with van der Waals surface area (Å²) in [5.41, 5.74) is 1.45. The Kier molecular flexibility index (Phi) is 4.33. The number of aromatic nitrogens is 4. The van der Waals surface area contributed by atoms with Gasteiger partial charge < -0.3 is 20.3 Å². The molecule has 2 aromatic heterocycles. The molecule has 3 N–H and O–H groups in total. The Bertz CT molecular complexity index is 927. The molecule has 0 radical (unpaired) electrons. The summed E-state index contributed by atoms with van der Waals surface area (Å²) in [7, 11) is 0. The monoisotopic (exact) mass is 355 g/mol. The third kappa shape index (κ3) is 3.03. The lowest BCUT2D eigenvalue weighted by Crippen LogP contribution is -2.25. The van der Waals surface area contributed by atoms with E-state index in [9.17, 15) is 15.0 Å². The number of anilines is 1. The fraction of sp³-hybridized carbons (Fsp3) is 0.294. The molecule has 3 aromatic rings. The number of aliphatic hydroxyl groups excluding tert-OH is 1. The van der Waals surface area contributed by atoms with E-state index in [4.69, 9.17) is 4.74 Å². The highest BCUT2D eigenvalue weighted by Crippen LogP contribution is 2.32. The van der Waals surface area contributed by atoms with Gasteiger partial charge in [-0.25, -0.2) is 15.0 Å². The summed E-state index contributed by atoms with van der Waals surface area (Å²) in [6.07, 6.45) is 1.44. The number of amides is 1. The van der Waals surface area contributed by atoms with Crippen LogP contribution in [0.1, 0.15) is 29.4 Å². The average Bonchev–Trinajstić information content (AvgIpc) is 3.29. The first-order valence-corrected chi connectivity index (χ1v) is 8.19. The zero-order chi connectivity index (χ0) is 18.1. The van der Waals surface area contributed by atoms with Crippen LogP contribution in [0.5, 0.6) is 0 Å². The van der Waals surface area contributed by atoms with Gasteiger partial charge in [0.05, 0.1) is 6.33 Å². The average molecular weight is 355 g/mol. The summed E-state index contributed by atoms with van der Waals surface area (Å²) in [4.78, 5) is 25.0. The molecule has 1 fully saturated rings. The van der Waals surface area contributed by atoms with Gasteiger partial charge in [-0.1, -0.05) is 18.2 Å². The maximum atomic E-state index is 12.4. The molecule has 0 bridgehead atoms. The van der Waals surface area contributed by atoms with Crippen LogP contribution in [0.15, 0.2) is 43.0 Å². The molecule has 2 atom stereocenters. The Morgan fingerprint density at radius 2 is 2.00 bits per heavy atom. The molecule has 3 heterocycles. The quantitative estimate of drug-likeness (QED) is 0.598. The number of carbonyl (C=O) groups is 1. The zero-order valence-corrected chi connectivity index (χ0v) is 13.7. The van der Waals surface area contributed by atoms with Gasteiger partial charge in [0.15, 0.2) is 23.3 Å². The number of aliphatic hydroxyl groups is 2. The number of rotatable bonds is 4. The van der Waals surface area contributed by atoms with E-state index in [0.29, 0.717) is 35.4 Å². The van der Waals surface area contributed by atoms with Crippen LogP contribution in [-0.2, 0) is 4.74 Å². The lowest BCUT2D eigenvalue weighted by molar-refractivity contribution is -0.149.